The van der Waals surface area contributed by atoms with E-state index in [1.165, 1.54) is 0 Å². The Labute approximate surface area is 95.3 Å². The lowest BCUT2D eigenvalue weighted by Crippen LogP contribution is -1.98. The largest absolute Gasteiger partial charge is 0.493 e. The van der Waals surface area contributed by atoms with Gasteiger partial charge in [-0.15, -0.1) is 0 Å². The van der Waals surface area contributed by atoms with E-state index >= 15 is 0 Å². The average molecular weight is 221 g/mol. The second-order valence-corrected chi connectivity index (χ2v) is 2.89. The lowest BCUT2D eigenvalue weighted by Gasteiger charge is -2.12. The lowest BCUT2D eigenvalue weighted by molar-refractivity contribution is 0.324. The van der Waals surface area contributed by atoms with Crippen LogP contribution in [-0.2, 0) is 0 Å². The first kappa shape index (κ1) is 12.2. The second kappa shape index (κ2) is 5.89. The summed E-state index contributed by atoms with van der Waals surface area (Å²) < 4.78 is 15.6. The fourth-order valence-corrected chi connectivity index (χ4v) is 1.35. The predicted molar refractivity (Wildman–Crippen MR) is 62.0 cm³/mol. The third kappa shape index (κ3) is 2.38. The zero-order valence-corrected chi connectivity index (χ0v) is 9.66. The van der Waals surface area contributed by atoms with Crippen LogP contribution in [0.3, 0.4) is 0 Å². The first-order chi connectivity index (χ1) is 7.78. The Morgan fingerprint density at radius 2 is 1.75 bits per heavy atom. The van der Waals surface area contributed by atoms with Crippen LogP contribution in [0.5, 0.6) is 17.2 Å². The Kier molecular flexibility index (Phi) is 4.49. The van der Waals surface area contributed by atoms with E-state index in [2.05, 4.69) is 11.8 Å². The third-order valence-corrected chi connectivity index (χ3v) is 2.03. The van der Waals surface area contributed by atoms with Gasteiger partial charge in [0.15, 0.2) is 11.5 Å². The summed E-state index contributed by atoms with van der Waals surface area (Å²) in [6.45, 7) is 0.303. The number of benzene rings is 1. The van der Waals surface area contributed by atoms with Crippen LogP contribution < -0.4 is 19.9 Å². The number of hydrogen-bond acceptors (Lipinski definition) is 4. The Bertz CT molecular complexity index is 418. The predicted octanol–water partition coefficient (Wildman–Crippen LogP) is 1.02. The van der Waals surface area contributed by atoms with Gasteiger partial charge in [0.25, 0.3) is 0 Å². The molecule has 4 heteroatoms. The van der Waals surface area contributed by atoms with E-state index in [1.807, 2.05) is 6.07 Å². The molecule has 16 heavy (non-hydrogen) atoms. The molecule has 0 saturated carbocycles. The molecule has 0 heterocycles. The summed E-state index contributed by atoms with van der Waals surface area (Å²) in [6, 6.07) is 3.59. The molecule has 2 N–H and O–H groups in total. The summed E-state index contributed by atoms with van der Waals surface area (Å²) in [7, 11) is 4.69. The van der Waals surface area contributed by atoms with Crippen LogP contribution in [0.25, 0.3) is 0 Å². The topological polar surface area (TPSA) is 53.7 Å². The van der Waals surface area contributed by atoms with E-state index in [0.717, 1.165) is 5.56 Å². The SMILES string of the molecule is COc1ccc(C#CCN)c(OC)c1OC. The van der Waals surface area contributed by atoms with Gasteiger partial charge in [-0.25, -0.2) is 0 Å². The molecule has 0 unspecified atom stereocenters. The quantitative estimate of drug-likeness (QED) is 0.774. The van der Waals surface area contributed by atoms with Gasteiger partial charge in [-0.2, -0.15) is 0 Å². The highest BCUT2D eigenvalue weighted by Gasteiger charge is 2.14. The monoisotopic (exact) mass is 221 g/mol. The average Bonchev–Trinajstić information content (AvgIpc) is 2.34. The molecule has 0 atom stereocenters. The van der Waals surface area contributed by atoms with Crippen molar-refractivity contribution in [3.63, 3.8) is 0 Å². The van der Waals surface area contributed by atoms with Gasteiger partial charge in [-0.1, -0.05) is 11.8 Å². The van der Waals surface area contributed by atoms with Gasteiger partial charge in [0.1, 0.15) is 0 Å². The minimum Gasteiger partial charge on any atom is -0.493 e. The number of nitrogens with two attached hydrogens (primary N) is 1. The smallest absolute Gasteiger partial charge is 0.204 e. The molecule has 0 amide bonds. The van der Waals surface area contributed by atoms with Gasteiger partial charge < -0.3 is 19.9 Å². The maximum Gasteiger partial charge on any atom is 0.204 e. The van der Waals surface area contributed by atoms with Gasteiger partial charge in [0.05, 0.1) is 33.4 Å². The van der Waals surface area contributed by atoms with E-state index < -0.39 is 0 Å². The molecular weight excluding hydrogens is 206 g/mol. The zero-order chi connectivity index (χ0) is 12.0. The first-order valence-corrected chi connectivity index (χ1v) is 4.76. The van der Waals surface area contributed by atoms with Gasteiger partial charge in [0.2, 0.25) is 5.75 Å². The van der Waals surface area contributed by atoms with Crippen molar-refractivity contribution >= 4 is 0 Å². The molecule has 0 bridgehead atoms. The normalized spacial score (nSPS) is 9.00. The summed E-state index contributed by atoms with van der Waals surface area (Å²) in [4.78, 5) is 0. The van der Waals surface area contributed by atoms with Crippen LogP contribution in [0.4, 0.5) is 0 Å². The van der Waals surface area contributed by atoms with Gasteiger partial charge in [-0.3, -0.25) is 0 Å². The van der Waals surface area contributed by atoms with Crippen molar-refractivity contribution in [1.82, 2.24) is 0 Å². The number of methoxy groups -OCH3 is 3. The van der Waals surface area contributed by atoms with Crippen molar-refractivity contribution < 1.29 is 14.2 Å². The van der Waals surface area contributed by atoms with Crippen molar-refractivity contribution in [2.45, 2.75) is 0 Å². The van der Waals surface area contributed by atoms with Crippen molar-refractivity contribution in [3.05, 3.63) is 17.7 Å². The molecule has 0 saturated heterocycles. The minimum absolute atomic E-state index is 0.303. The lowest BCUT2D eigenvalue weighted by atomic mass is 10.1. The highest BCUT2D eigenvalue weighted by Crippen LogP contribution is 2.39. The van der Waals surface area contributed by atoms with Gasteiger partial charge in [0, 0.05) is 0 Å². The Morgan fingerprint density at radius 1 is 1.06 bits per heavy atom. The molecule has 0 aliphatic rings. The van der Waals surface area contributed by atoms with Crippen LogP contribution in [0.2, 0.25) is 0 Å². The summed E-state index contributed by atoms with van der Waals surface area (Å²) in [5, 5.41) is 0. The molecular formula is C12H15NO3. The minimum atomic E-state index is 0.303. The first-order valence-electron chi connectivity index (χ1n) is 4.76. The van der Waals surface area contributed by atoms with Crippen LogP contribution in [0, 0.1) is 11.8 Å². The van der Waals surface area contributed by atoms with Gasteiger partial charge in [-0.05, 0) is 12.1 Å². The highest BCUT2D eigenvalue weighted by atomic mass is 16.5. The van der Waals surface area contributed by atoms with Crippen molar-refractivity contribution in [2.75, 3.05) is 27.9 Å². The number of rotatable bonds is 3. The van der Waals surface area contributed by atoms with Crippen molar-refractivity contribution in [3.8, 4) is 29.1 Å². The molecule has 0 aliphatic carbocycles. The fourth-order valence-electron chi connectivity index (χ4n) is 1.35. The Balaban J connectivity index is 3.31. The maximum atomic E-state index is 5.32. The van der Waals surface area contributed by atoms with Crippen molar-refractivity contribution in [2.24, 2.45) is 5.73 Å². The summed E-state index contributed by atoms with van der Waals surface area (Å²) in [6.07, 6.45) is 0. The van der Waals surface area contributed by atoms with E-state index in [9.17, 15) is 0 Å². The van der Waals surface area contributed by atoms with Crippen LogP contribution in [-0.4, -0.2) is 27.9 Å². The molecule has 1 rings (SSSR count). The van der Waals surface area contributed by atoms with Crippen LogP contribution in [0.1, 0.15) is 5.56 Å². The molecule has 0 fully saturated rings. The molecule has 0 aliphatic heterocycles. The molecule has 4 nitrogen and oxygen atoms in total. The van der Waals surface area contributed by atoms with E-state index in [4.69, 9.17) is 19.9 Å². The van der Waals surface area contributed by atoms with E-state index in [1.54, 1.807) is 27.4 Å². The van der Waals surface area contributed by atoms with Gasteiger partial charge >= 0.3 is 0 Å². The summed E-state index contributed by atoms with van der Waals surface area (Å²) in [5.41, 5.74) is 6.05. The number of hydrogen-bond donors (Lipinski definition) is 1. The molecule has 86 valence electrons. The van der Waals surface area contributed by atoms with Crippen molar-refractivity contribution in [1.29, 1.82) is 0 Å². The Hall–Kier alpha value is -1.86. The fraction of sp³-hybridized carbons (Fsp3) is 0.333. The Morgan fingerprint density at radius 3 is 2.25 bits per heavy atom. The molecule has 0 spiro atoms. The summed E-state index contributed by atoms with van der Waals surface area (Å²) in [5.74, 6) is 7.39. The van der Waals surface area contributed by atoms with E-state index in [0.29, 0.717) is 23.8 Å². The molecule has 0 aromatic heterocycles. The van der Waals surface area contributed by atoms with E-state index in [-0.39, 0.29) is 0 Å². The third-order valence-electron chi connectivity index (χ3n) is 2.03. The standard InChI is InChI=1S/C12H15NO3/c1-14-10-7-6-9(5-4-8-13)11(15-2)12(10)16-3/h6-7H,8,13H2,1-3H3. The maximum absolute atomic E-state index is 5.32. The van der Waals surface area contributed by atoms with Crippen LogP contribution in [0.15, 0.2) is 12.1 Å². The molecule has 0 radical (unpaired) electrons. The highest BCUT2D eigenvalue weighted by molar-refractivity contribution is 5.60. The molecule has 1 aromatic rings. The molecule has 1 aromatic carbocycles. The second-order valence-electron chi connectivity index (χ2n) is 2.89. The van der Waals surface area contributed by atoms with Crippen LogP contribution >= 0.6 is 0 Å². The zero-order valence-electron chi connectivity index (χ0n) is 9.66. The number of ether oxygens (including phenoxy) is 3. The summed E-state index contributed by atoms with van der Waals surface area (Å²) >= 11 is 0.